The van der Waals surface area contributed by atoms with Crippen LogP contribution in [0.4, 0.5) is 10.5 Å². The van der Waals surface area contributed by atoms with Gasteiger partial charge in [0.25, 0.3) is 0 Å². The highest BCUT2D eigenvalue weighted by Gasteiger charge is 2.22. The first-order chi connectivity index (χ1) is 9.08. The molecule has 0 bridgehead atoms. The maximum absolute atomic E-state index is 12.2. The second-order valence-corrected chi connectivity index (χ2v) is 5.36. The minimum absolute atomic E-state index is 0.0118. The van der Waals surface area contributed by atoms with Crippen LogP contribution < -0.4 is 5.32 Å². The number of hydrogen-bond donors (Lipinski definition) is 1. The Bertz CT molecular complexity index is 437. The Morgan fingerprint density at radius 1 is 1.16 bits per heavy atom. The van der Waals surface area contributed by atoms with Crippen molar-refractivity contribution in [3.8, 4) is 0 Å². The van der Waals surface area contributed by atoms with Crippen molar-refractivity contribution in [3.63, 3.8) is 0 Å². The zero-order chi connectivity index (χ0) is 13.8. The van der Waals surface area contributed by atoms with Gasteiger partial charge in [-0.15, -0.1) is 0 Å². The van der Waals surface area contributed by atoms with E-state index in [2.05, 4.69) is 24.1 Å². The van der Waals surface area contributed by atoms with Crippen molar-refractivity contribution in [3.05, 3.63) is 29.8 Å². The fraction of sp³-hybridized carbons (Fsp3) is 0.533. The number of urea groups is 1. The molecule has 2 amide bonds. The molecule has 4 nitrogen and oxygen atoms in total. The van der Waals surface area contributed by atoms with Gasteiger partial charge in [-0.3, -0.25) is 4.90 Å². The van der Waals surface area contributed by atoms with Crippen molar-refractivity contribution in [2.45, 2.75) is 26.8 Å². The average molecular weight is 261 g/mol. The zero-order valence-corrected chi connectivity index (χ0v) is 12.0. The van der Waals surface area contributed by atoms with E-state index in [0.717, 1.165) is 37.4 Å². The van der Waals surface area contributed by atoms with Gasteiger partial charge < -0.3 is 10.2 Å². The van der Waals surface area contributed by atoms with E-state index >= 15 is 0 Å². The third-order valence-electron chi connectivity index (χ3n) is 3.72. The number of hydrogen-bond acceptors (Lipinski definition) is 2. The fourth-order valence-electron chi connectivity index (χ4n) is 2.35. The summed E-state index contributed by atoms with van der Waals surface area (Å²) < 4.78 is 0. The molecule has 0 aromatic heterocycles. The standard InChI is InChI=1S/C15H23N3O/c1-12(2)17-8-10-18(11-9-17)15(19)16-14-7-5-4-6-13(14)3/h4-7,12H,8-11H2,1-3H3,(H,16,19). The third kappa shape index (κ3) is 3.47. The first-order valence-corrected chi connectivity index (χ1v) is 6.93. The lowest BCUT2D eigenvalue weighted by Crippen LogP contribution is -2.51. The lowest BCUT2D eigenvalue weighted by atomic mass is 10.2. The number of amides is 2. The quantitative estimate of drug-likeness (QED) is 0.888. The molecule has 1 aromatic rings. The molecule has 19 heavy (non-hydrogen) atoms. The van der Waals surface area contributed by atoms with Crippen LogP contribution in [-0.2, 0) is 0 Å². The Balaban J connectivity index is 1.90. The molecular weight excluding hydrogens is 238 g/mol. The number of rotatable bonds is 2. The molecule has 0 aliphatic carbocycles. The molecule has 0 radical (unpaired) electrons. The minimum Gasteiger partial charge on any atom is -0.322 e. The number of para-hydroxylation sites is 1. The van der Waals surface area contributed by atoms with E-state index < -0.39 is 0 Å². The highest BCUT2D eigenvalue weighted by atomic mass is 16.2. The number of piperazine rings is 1. The summed E-state index contributed by atoms with van der Waals surface area (Å²) >= 11 is 0. The molecule has 0 spiro atoms. The van der Waals surface area contributed by atoms with Crippen LogP contribution in [0.1, 0.15) is 19.4 Å². The van der Waals surface area contributed by atoms with Gasteiger partial charge in [0.05, 0.1) is 0 Å². The molecule has 2 rings (SSSR count). The monoisotopic (exact) mass is 261 g/mol. The number of benzene rings is 1. The van der Waals surface area contributed by atoms with Gasteiger partial charge in [-0.1, -0.05) is 18.2 Å². The van der Waals surface area contributed by atoms with Gasteiger partial charge in [0.2, 0.25) is 0 Å². The normalized spacial score (nSPS) is 16.7. The highest BCUT2D eigenvalue weighted by molar-refractivity contribution is 5.90. The molecule has 1 aliphatic heterocycles. The minimum atomic E-state index is 0.0118. The molecule has 4 heteroatoms. The summed E-state index contributed by atoms with van der Waals surface area (Å²) in [4.78, 5) is 16.5. The number of nitrogens with zero attached hydrogens (tertiary/aromatic N) is 2. The predicted molar refractivity (Wildman–Crippen MR) is 78.5 cm³/mol. The highest BCUT2D eigenvalue weighted by Crippen LogP contribution is 2.14. The SMILES string of the molecule is Cc1ccccc1NC(=O)N1CCN(C(C)C)CC1. The Morgan fingerprint density at radius 3 is 2.37 bits per heavy atom. The number of carbonyl (C=O) groups excluding carboxylic acids is 1. The van der Waals surface area contributed by atoms with Crippen LogP contribution in [0.5, 0.6) is 0 Å². The van der Waals surface area contributed by atoms with Gasteiger partial charge >= 0.3 is 6.03 Å². The van der Waals surface area contributed by atoms with Crippen molar-refractivity contribution in [1.82, 2.24) is 9.80 Å². The Labute approximate surface area is 115 Å². The molecule has 0 unspecified atom stereocenters. The van der Waals surface area contributed by atoms with E-state index in [1.54, 1.807) is 0 Å². The van der Waals surface area contributed by atoms with Crippen molar-refractivity contribution >= 4 is 11.7 Å². The first-order valence-electron chi connectivity index (χ1n) is 6.93. The number of aryl methyl sites for hydroxylation is 1. The Kier molecular flexibility index (Phi) is 4.43. The van der Waals surface area contributed by atoms with E-state index in [1.165, 1.54) is 0 Å². The Morgan fingerprint density at radius 2 is 1.79 bits per heavy atom. The summed E-state index contributed by atoms with van der Waals surface area (Å²) in [5, 5.41) is 2.99. The summed E-state index contributed by atoms with van der Waals surface area (Å²) in [6, 6.07) is 8.44. The van der Waals surface area contributed by atoms with Gasteiger partial charge in [-0.05, 0) is 32.4 Å². The van der Waals surface area contributed by atoms with Crippen LogP contribution in [0.3, 0.4) is 0 Å². The molecule has 1 aliphatic rings. The number of carbonyl (C=O) groups is 1. The van der Waals surface area contributed by atoms with Crippen molar-refractivity contribution in [2.24, 2.45) is 0 Å². The summed E-state index contributed by atoms with van der Waals surface area (Å²) in [6.07, 6.45) is 0. The van der Waals surface area contributed by atoms with Crippen LogP contribution in [0.25, 0.3) is 0 Å². The molecule has 1 aromatic carbocycles. The number of nitrogens with one attached hydrogen (secondary N) is 1. The van der Waals surface area contributed by atoms with E-state index in [4.69, 9.17) is 0 Å². The van der Waals surface area contributed by atoms with Gasteiger partial charge in [0.15, 0.2) is 0 Å². The molecule has 0 atom stereocenters. The van der Waals surface area contributed by atoms with E-state index in [-0.39, 0.29) is 6.03 Å². The lowest BCUT2D eigenvalue weighted by Gasteiger charge is -2.36. The predicted octanol–water partition coefficient (Wildman–Crippen LogP) is 2.55. The summed E-state index contributed by atoms with van der Waals surface area (Å²) in [5.74, 6) is 0. The van der Waals surface area contributed by atoms with Crippen LogP contribution in [0.2, 0.25) is 0 Å². The van der Waals surface area contributed by atoms with Crippen LogP contribution in [-0.4, -0.2) is 48.1 Å². The number of anilines is 1. The summed E-state index contributed by atoms with van der Waals surface area (Å²) in [6.45, 7) is 9.92. The maximum Gasteiger partial charge on any atom is 0.321 e. The van der Waals surface area contributed by atoms with Crippen LogP contribution in [0, 0.1) is 6.92 Å². The second-order valence-electron chi connectivity index (χ2n) is 5.36. The Hall–Kier alpha value is -1.55. The smallest absolute Gasteiger partial charge is 0.321 e. The molecule has 1 fully saturated rings. The first kappa shape index (κ1) is 13.9. The van der Waals surface area contributed by atoms with Crippen LogP contribution in [0.15, 0.2) is 24.3 Å². The van der Waals surface area contributed by atoms with Gasteiger partial charge in [0.1, 0.15) is 0 Å². The van der Waals surface area contributed by atoms with Crippen molar-refractivity contribution < 1.29 is 4.79 Å². The largest absolute Gasteiger partial charge is 0.322 e. The molecule has 1 saturated heterocycles. The second kappa shape index (κ2) is 6.06. The molecule has 104 valence electrons. The summed E-state index contributed by atoms with van der Waals surface area (Å²) in [7, 11) is 0. The van der Waals surface area contributed by atoms with E-state index in [1.807, 2.05) is 36.1 Å². The van der Waals surface area contributed by atoms with Gasteiger partial charge in [0, 0.05) is 37.9 Å². The van der Waals surface area contributed by atoms with E-state index in [9.17, 15) is 4.79 Å². The maximum atomic E-state index is 12.2. The van der Waals surface area contributed by atoms with Gasteiger partial charge in [-0.25, -0.2) is 4.79 Å². The van der Waals surface area contributed by atoms with E-state index in [0.29, 0.717) is 6.04 Å². The van der Waals surface area contributed by atoms with Gasteiger partial charge in [-0.2, -0.15) is 0 Å². The third-order valence-corrected chi connectivity index (χ3v) is 3.72. The zero-order valence-electron chi connectivity index (χ0n) is 12.0. The summed E-state index contributed by atoms with van der Waals surface area (Å²) in [5.41, 5.74) is 2.00. The molecule has 0 saturated carbocycles. The lowest BCUT2D eigenvalue weighted by molar-refractivity contribution is 0.125. The van der Waals surface area contributed by atoms with Crippen LogP contribution >= 0.6 is 0 Å². The van der Waals surface area contributed by atoms with Crippen molar-refractivity contribution in [1.29, 1.82) is 0 Å². The fourth-order valence-corrected chi connectivity index (χ4v) is 2.35. The molecule has 1 N–H and O–H groups in total. The topological polar surface area (TPSA) is 35.6 Å². The molecular formula is C15H23N3O. The molecule has 1 heterocycles. The average Bonchev–Trinajstić information content (AvgIpc) is 2.41. The van der Waals surface area contributed by atoms with Crippen molar-refractivity contribution in [2.75, 3.05) is 31.5 Å².